The second-order valence-corrected chi connectivity index (χ2v) is 4.80. The van der Waals surface area contributed by atoms with Crippen LogP contribution in [0.2, 0.25) is 0 Å². The van der Waals surface area contributed by atoms with E-state index in [-0.39, 0.29) is 18.6 Å². The molecule has 0 heterocycles. The lowest BCUT2D eigenvalue weighted by Crippen LogP contribution is -2.30. The van der Waals surface area contributed by atoms with Gasteiger partial charge in [0.15, 0.2) is 0 Å². The summed E-state index contributed by atoms with van der Waals surface area (Å²) in [6.07, 6.45) is 0. The summed E-state index contributed by atoms with van der Waals surface area (Å²) in [6.45, 7) is 2.92. The van der Waals surface area contributed by atoms with E-state index in [1.54, 1.807) is 7.11 Å². The molecule has 1 N–H and O–H groups in total. The van der Waals surface area contributed by atoms with Crippen LogP contribution in [0.25, 0.3) is 0 Å². The van der Waals surface area contributed by atoms with Gasteiger partial charge in [-0.3, -0.25) is 4.79 Å². The Morgan fingerprint density at radius 1 is 1.33 bits per heavy atom. The number of amides is 1. The highest BCUT2D eigenvalue weighted by atomic mass is 79.9. The molecule has 0 radical (unpaired) electrons. The van der Waals surface area contributed by atoms with Crippen LogP contribution in [0.3, 0.4) is 0 Å². The number of benzene rings is 1. The maximum atomic E-state index is 11.6. The Morgan fingerprint density at radius 3 is 2.61 bits per heavy atom. The van der Waals surface area contributed by atoms with E-state index < -0.39 is 0 Å². The number of ether oxygens (including phenoxy) is 2. The van der Waals surface area contributed by atoms with Crippen LogP contribution in [0.15, 0.2) is 28.7 Å². The van der Waals surface area contributed by atoms with Crippen molar-refractivity contribution in [1.82, 2.24) is 5.32 Å². The van der Waals surface area contributed by atoms with Crippen LogP contribution in [-0.2, 0) is 14.3 Å². The fraction of sp³-hybridized carbons (Fsp3) is 0.462. The van der Waals surface area contributed by atoms with Crippen LogP contribution >= 0.6 is 15.9 Å². The van der Waals surface area contributed by atoms with E-state index in [2.05, 4.69) is 21.2 Å². The first-order valence-corrected chi connectivity index (χ1v) is 6.54. The van der Waals surface area contributed by atoms with Gasteiger partial charge >= 0.3 is 0 Å². The summed E-state index contributed by atoms with van der Waals surface area (Å²) < 4.78 is 11.0. The number of halogens is 1. The van der Waals surface area contributed by atoms with Gasteiger partial charge in [-0.05, 0) is 24.6 Å². The fourth-order valence-electron chi connectivity index (χ4n) is 1.43. The summed E-state index contributed by atoms with van der Waals surface area (Å²) in [5, 5.41) is 2.87. The molecule has 0 fully saturated rings. The molecule has 0 bridgehead atoms. The molecule has 0 saturated carbocycles. The summed E-state index contributed by atoms with van der Waals surface area (Å²) in [5.41, 5.74) is 1.06. The van der Waals surface area contributed by atoms with Gasteiger partial charge in [0, 0.05) is 11.6 Å². The zero-order valence-electron chi connectivity index (χ0n) is 10.6. The van der Waals surface area contributed by atoms with Crippen molar-refractivity contribution in [2.24, 2.45) is 0 Å². The first-order chi connectivity index (χ1) is 8.63. The third-order valence-electron chi connectivity index (χ3n) is 2.41. The molecule has 0 aromatic heterocycles. The van der Waals surface area contributed by atoms with E-state index in [1.165, 1.54) is 0 Å². The van der Waals surface area contributed by atoms with Crippen molar-refractivity contribution in [3.05, 3.63) is 34.3 Å². The SMILES string of the molecule is COCCOCC(=O)NC(C)c1ccc(Br)cc1. The van der Waals surface area contributed by atoms with Gasteiger partial charge in [-0.25, -0.2) is 0 Å². The van der Waals surface area contributed by atoms with E-state index in [0.29, 0.717) is 13.2 Å². The second-order valence-electron chi connectivity index (χ2n) is 3.89. The summed E-state index contributed by atoms with van der Waals surface area (Å²) in [5.74, 6) is -0.124. The number of carbonyl (C=O) groups excluding carboxylic acids is 1. The predicted molar refractivity (Wildman–Crippen MR) is 73.4 cm³/mol. The van der Waals surface area contributed by atoms with E-state index in [4.69, 9.17) is 9.47 Å². The van der Waals surface area contributed by atoms with Crippen molar-refractivity contribution in [2.75, 3.05) is 26.9 Å². The van der Waals surface area contributed by atoms with Crippen LogP contribution < -0.4 is 5.32 Å². The molecule has 0 saturated heterocycles. The number of methoxy groups -OCH3 is 1. The topological polar surface area (TPSA) is 47.6 Å². The summed E-state index contributed by atoms with van der Waals surface area (Å²) in [4.78, 5) is 11.6. The molecule has 4 nitrogen and oxygen atoms in total. The highest BCUT2D eigenvalue weighted by Gasteiger charge is 2.09. The van der Waals surface area contributed by atoms with Crippen molar-refractivity contribution in [2.45, 2.75) is 13.0 Å². The lowest BCUT2D eigenvalue weighted by atomic mass is 10.1. The van der Waals surface area contributed by atoms with E-state index in [1.807, 2.05) is 31.2 Å². The molecule has 1 amide bonds. The average Bonchev–Trinajstić information content (AvgIpc) is 2.35. The highest BCUT2D eigenvalue weighted by molar-refractivity contribution is 9.10. The largest absolute Gasteiger partial charge is 0.382 e. The molecule has 0 aliphatic heterocycles. The molecule has 5 heteroatoms. The smallest absolute Gasteiger partial charge is 0.246 e. The molecule has 1 rings (SSSR count). The standard InChI is InChI=1S/C13H18BrNO3/c1-10(11-3-5-12(14)6-4-11)15-13(16)9-18-8-7-17-2/h3-6,10H,7-9H2,1-2H3,(H,15,16). The van der Waals surface area contributed by atoms with Gasteiger partial charge in [0.2, 0.25) is 5.91 Å². The third kappa shape index (κ3) is 5.62. The molecule has 1 unspecified atom stereocenters. The molecular weight excluding hydrogens is 298 g/mol. The molecular formula is C13H18BrNO3. The molecule has 18 heavy (non-hydrogen) atoms. The highest BCUT2D eigenvalue weighted by Crippen LogP contribution is 2.16. The minimum absolute atomic E-state index is 0.0309. The van der Waals surface area contributed by atoms with Gasteiger partial charge in [-0.1, -0.05) is 28.1 Å². The first-order valence-electron chi connectivity index (χ1n) is 5.75. The third-order valence-corrected chi connectivity index (χ3v) is 2.94. The first kappa shape index (κ1) is 15.1. The van der Waals surface area contributed by atoms with Gasteiger partial charge < -0.3 is 14.8 Å². The van der Waals surface area contributed by atoms with Crippen molar-refractivity contribution in [3.63, 3.8) is 0 Å². The molecule has 1 atom stereocenters. The van der Waals surface area contributed by atoms with E-state index in [9.17, 15) is 4.79 Å². The summed E-state index contributed by atoms with van der Waals surface area (Å²) in [7, 11) is 1.60. The number of carbonyl (C=O) groups is 1. The zero-order chi connectivity index (χ0) is 13.4. The Labute approximate surface area is 116 Å². The summed E-state index contributed by atoms with van der Waals surface area (Å²) in [6, 6.07) is 7.82. The number of nitrogens with one attached hydrogen (secondary N) is 1. The lowest BCUT2D eigenvalue weighted by molar-refractivity contribution is -0.126. The fourth-order valence-corrected chi connectivity index (χ4v) is 1.69. The maximum absolute atomic E-state index is 11.6. The van der Waals surface area contributed by atoms with Gasteiger partial charge in [-0.15, -0.1) is 0 Å². The van der Waals surface area contributed by atoms with Crippen LogP contribution in [0, 0.1) is 0 Å². The van der Waals surface area contributed by atoms with Gasteiger partial charge in [0.05, 0.1) is 19.3 Å². The van der Waals surface area contributed by atoms with Crippen LogP contribution in [0.4, 0.5) is 0 Å². The number of hydrogen-bond donors (Lipinski definition) is 1. The van der Waals surface area contributed by atoms with Crippen LogP contribution in [0.5, 0.6) is 0 Å². The Morgan fingerprint density at radius 2 is 2.00 bits per heavy atom. The van der Waals surface area contributed by atoms with Gasteiger partial charge in [0.1, 0.15) is 6.61 Å². The average molecular weight is 316 g/mol. The molecule has 100 valence electrons. The Hall–Kier alpha value is -0.910. The lowest BCUT2D eigenvalue weighted by Gasteiger charge is -2.14. The monoisotopic (exact) mass is 315 g/mol. The minimum Gasteiger partial charge on any atom is -0.382 e. The minimum atomic E-state index is -0.124. The molecule has 1 aromatic carbocycles. The zero-order valence-corrected chi connectivity index (χ0v) is 12.2. The van der Waals surface area contributed by atoms with E-state index >= 15 is 0 Å². The van der Waals surface area contributed by atoms with E-state index in [0.717, 1.165) is 10.0 Å². The molecule has 0 aliphatic carbocycles. The predicted octanol–water partition coefficient (Wildman–Crippen LogP) is 2.29. The molecule has 1 aromatic rings. The van der Waals surface area contributed by atoms with Crippen molar-refractivity contribution in [1.29, 1.82) is 0 Å². The van der Waals surface area contributed by atoms with Gasteiger partial charge in [-0.2, -0.15) is 0 Å². The van der Waals surface area contributed by atoms with Crippen LogP contribution in [-0.4, -0.2) is 32.8 Å². The maximum Gasteiger partial charge on any atom is 0.246 e. The molecule has 0 aliphatic rings. The summed E-state index contributed by atoms with van der Waals surface area (Å²) >= 11 is 3.38. The Bertz CT molecular complexity index is 367. The Kier molecular flexibility index (Phi) is 6.93. The van der Waals surface area contributed by atoms with Crippen molar-refractivity contribution >= 4 is 21.8 Å². The number of hydrogen-bond acceptors (Lipinski definition) is 3. The number of rotatable bonds is 7. The van der Waals surface area contributed by atoms with Crippen LogP contribution in [0.1, 0.15) is 18.5 Å². The second kappa shape index (κ2) is 8.24. The normalized spacial score (nSPS) is 12.2. The Balaban J connectivity index is 2.33. The van der Waals surface area contributed by atoms with Gasteiger partial charge in [0.25, 0.3) is 0 Å². The van der Waals surface area contributed by atoms with Crippen molar-refractivity contribution < 1.29 is 14.3 Å². The van der Waals surface area contributed by atoms with Crippen molar-refractivity contribution in [3.8, 4) is 0 Å². The quantitative estimate of drug-likeness (QED) is 0.785. The molecule has 0 spiro atoms.